The highest BCUT2D eigenvalue weighted by Gasteiger charge is 2.29. The van der Waals surface area contributed by atoms with E-state index in [1.165, 1.54) is 28.6 Å². The molecule has 3 rings (SSSR count). The summed E-state index contributed by atoms with van der Waals surface area (Å²) in [4.78, 5) is 14.1. The predicted octanol–water partition coefficient (Wildman–Crippen LogP) is 2.77. The van der Waals surface area contributed by atoms with Gasteiger partial charge >= 0.3 is 0 Å². The molecule has 1 aliphatic heterocycles. The Morgan fingerprint density at radius 2 is 1.62 bits per heavy atom. The van der Waals surface area contributed by atoms with Gasteiger partial charge in [0.2, 0.25) is 10.0 Å². The van der Waals surface area contributed by atoms with E-state index in [2.05, 4.69) is 0 Å². The van der Waals surface area contributed by atoms with E-state index in [-0.39, 0.29) is 24.7 Å². The molecule has 5 nitrogen and oxygen atoms in total. The Morgan fingerprint density at radius 1 is 1.00 bits per heavy atom. The molecule has 0 N–H and O–H groups in total. The fraction of sp³-hybridized carbons (Fsp3) is 0.278. The SMILES string of the molecule is O=C(c1ccccc1Cl)N1CCN(S(=O)(=O)Cc2ccc(F)cc2)CC1. The molecule has 26 heavy (non-hydrogen) atoms. The zero-order chi connectivity index (χ0) is 18.7. The van der Waals surface area contributed by atoms with Crippen molar-refractivity contribution in [3.05, 3.63) is 70.5 Å². The van der Waals surface area contributed by atoms with Gasteiger partial charge in [-0.1, -0.05) is 35.9 Å². The summed E-state index contributed by atoms with van der Waals surface area (Å²) in [6.07, 6.45) is 0. The first-order chi connectivity index (χ1) is 12.4. The third kappa shape index (κ3) is 4.23. The molecule has 1 saturated heterocycles. The van der Waals surface area contributed by atoms with Crippen LogP contribution in [-0.2, 0) is 15.8 Å². The number of amides is 1. The zero-order valence-electron chi connectivity index (χ0n) is 13.9. The van der Waals surface area contributed by atoms with Crippen LogP contribution in [0.1, 0.15) is 15.9 Å². The van der Waals surface area contributed by atoms with Gasteiger partial charge in [-0.05, 0) is 29.8 Å². The number of hydrogen-bond donors (Lipinski definition) is 0. The lowest BCUT2D eigenvalue weighted by Gasteiger charge is -2.34. The van der Waals surface area contributed by atoms with Crippen LogP contribution in [0.2, 0.25) is 5.02 Å². The van der Waals surface area contributed by atoms with Crippen LogP contribution in [0.3, 0.4) is 0 Å². The summed E-state index contributed by atoms with van der Waals surface area (Å²) in [6, 6.07) is 12.2. The van der Waals surface area contributed by atoms with Gasteiger partial charge < -0.3 is 4.90 Å². The summed E-state index contributed by atoms with van der Waals surface area (Å²) in [7, 11) is -3.52. The molecule has 8 heteroatoms. The van der Waals surface area contributed by atoms with E-state index in [0.29, 0.717) is 29.2 Å². The van der Waals surface area contributed by atoms with E-state index in [1.807, 2.05) is 0 Å². The van der Waals surface area contributed by atoms with Crippen LogP contribution in [0.15, 0.2) is 48.5 Å². The maximum Gasteiger partial charge on any atom is 0.255 e. The maximum absolute atomic E-state index is 13.0. The van der Waals surface area contributed by atoms with E-state index >= 15 is 0 Å². The lowest BCUT2D eigenvalue weighted by atomic mass is 10.2. The van der Waals surface area contributed by atoms with Crippen molar-refractivity contribution < 1.29 is 17.6 Å². The standard InChI is InChI=1S/C18H18ClFN2O3S/c19-17-4-2-1-3-16(17)18(23)21-9-11-22(12-10-21)26(24,25)13-14-5-7-15(20)8-6-14/h1-8H,9-13H2. The molecule has 0 spiro atoms. The lowest BCUT2D eigenvalue weighted by molar-refractivity contribution is 0.0698. The molecule has 0 aliphatic carbocycles. The average molecular weight is 397 g/mol. The normalized spacial score (nSPS) is 15.8. The molecule has 0 saturated carbocycles. The van der Waals surface area contributed by atoms with Crippen LogP contribution >= 0.6 is 11.6 Å². The van der Waals surface area contributed by atoms with Crippen LogP contribution in [0.25, 0.3) is 0 Å². The molecule has 2 aromatic rings. The van der Waals surface area contributed by atoms with Crippen LogP contribution in [0, 0.1) is 5.82 Å². The Labute approximate surface area is 157 Å². The van der Waals surface area contributed by atoms with Crippen molar-refractivity contribution in [1.82, 2.24) is 9.21 Å². The number of nitrogens with zero attached hydrogens (tertiary/aromatic N) is 2. The predicted molar refractivity (Wildman–Crippen MR) is 98.0 cm³/mol. The van der Waals surface area contributed by atoms with E-state index in [9.17, 15) is 17.6 Å². The average Bonchev–Trinajstić information content (AvgIpc) is 2.63. The molecule has 0 radical (unpaired) electrons. The molecule has 1 aliphatic rings. The number of sulfonamides is 1. The topological polar surface area (TPSA) is 57.7 Å². The van der Waals surface area contributed by atoms with Crippen molar-refractivity contribution in [2.75, 3.05) is 26.2 Å². The number of carbonyl (C=O) groups excluding carboxylic acids is 1. The molecule has 0 unspecified atom stereocenters. The van der Waals surface area contributed by atoms with Gasteiger partial charge in [-0.25, -0.2) is 12.8 Å². The van der Waals surface area contributed by atoms with E-state index in [0.717, 1.165) is 0 Å². The van der Waals surface area contributed by atoms with Crippen LogP contribution in [-0.4, -0.2) is 49.7 Å². The summed E-state index contributed by atoms with van der Waals surface area (Å²) < 4.78 is 39.4. The van der Waals surface area contributed by atoms with Crippen LogP contribution < -0.4 is 0 Å². The number of rotatable bonds is 4. The quantitative estimate of drug-likeness (QED) is 0.798. The van der Waals surface area contributed by atoms with Crippen LogP contribution in [0.4, 0.5) is 4.39 Å². The minimum Gasteiger partial charge on any atom is -0.336 e. The number of halogens is 2. The molecular formula is C18H18ClFN2O3S. The number of benzene rings is 2. The second-order valence-corrected chi connectivity index (χ2v) is 8.43. The number of carbonyl (C=O) groups is 1. The summed E-state index contributed by atoms with van der Waals surface area (Å²) in [5.74, 6) is -0.796. The minimum absolute atomic E-state index is 0.189. The van der Waals surface area contributed by atoms with E-state index in [4.69, 9.17) is 11.6 Å². The summed E-state index contributed by atoms with van der Waals surface area (Å²) >= 11 is 6.06. The highest BCUT2D eigenvalue weighted by Crippen LogP contribution is 2.19. The second kappa shape index (κ2) is 7.73. The highest BCUT2D eigenvalue weighted by atomic mass is 35.5. The minimum atomic E-state index is -3.52. The third-order valence-corrected chi connectivity index (χ3v) is 6.47. The second-order valence-electron chi connectivity index (χ2n) is 6.05. The number of piperazine rings is 1. The molecule has 138 valence electrons. The summed E-state index contributed by atoms with van der Waals surface area (Å²) in [6.45, 7) is 1.04. The Hall–Kier alpha value is -1.96. The summed E-state index contributed by atoms with van der Waals surface area (Å²) in [5.41, 5.74) is 0.942. The van der Waals surface area contributed by atoms with Crippen molar-refractivity contribution in [3.63, 3.8) is 0 Å². The van der Waals surface area contributed by atoms with Gasteiger partial charge in [-0.3, -0.25) is 4.79 Å². The van der Waals surface area contributed by atoms with Gasteiger partial charge in [0.1, 0.15) is 5.82 Å². The van der Waals surface area contributed by atoms with Gasteiger partial charge in [0.15, 0.2) is 0 Å². The first kappa shape index (κ1) is 18.8. The molecule has 1 fully saturated rings. The molecule has 0 aromatic heterocycles. The monoisotopic (exact) mass is 396 g/mol. The molecule has 0 bridgehead atoms. The van der Waals surface area contributed by atoms with E-state index < -0.39 is 15.8 Å². The van der Waals surface area contributed by atoms with Crippen molar-refractivity contribution in [1.29, 1.82) is 0 Å². The Kier molecular flexibility index (Phi) is 5.60. The Balaban J connectivity index is 1.63. The van der Waals surface area contributed by atoms with Gasteiger partial charge in [0.25, 0.3) is 5.91 Å². The molecule has 0 atom stereocenters. The molecule has 1 heterocycles. The first-order valence-electron chi connectivity index (χ1n) is 8.13. The van der Waals surface area contributed by atoms with Gasteiger partial charge in [-0.2, -0.15) is 4.31 Å². The van der Waals surface area contributed by atoms with Gasteiger partial charge in [0.05, 0.1) is 16.3 Å². The third-order valence-electron chi connectivity index (χ3n) is 4.29. The first-order valence-corrected chi connectivity index (χ1v) is 10.1. The fourth-order valence-electron chi connectivity index (χ4n) is 2.86. The van der Waals surface area contributed by atoms with Crippen molar-refractivity contribution in [2.24, 2.45) is 0 Å². The fourth-order valence-corrected chi connectivity index (χ4v) is 4.59. The smallest absolute Gasteiger partial charge is 0.255 e. The van der Waals surface area contributed by atoms with Crippen molar-refractivity contribution >= 4 is 27.5 Å². The molecule has 1 amide bonds. The maximum atomic E-state index is 13.0. The zero-order valence-corrected chi connectivity index (χ0v) is 15.5. The molecule has 2 aromatic carbocycles. The highest BCUT2D eigenvalue weighted by molar-refractivity contribution is 7.88. The van der Waals surface area contributed by atoms with Gasteiger partial charge in [0, 0.05) is 26.2 Å². The lowest BCUT2D eigenvalue weighted by Crippen LogP contribution is -2.50. The Morgan fingerprint density at radius 3 is 2.23 bits per heavy atom. The molecular weight excluding hydrogens is 379 g/mol. The van der Waals surface area contributed by atoms with Crippen molar-refractivity contribution in [2.45, 2.75) is 5.75 Å². The largest absolute Gasteiger partial charge is 0.336 e. The van der Waals surface area contributed by atoms with Crippen LogP contribution in [0.5, 0.6) is 0 Å². The number of hydrogen-bond acceptors (Lipinski definition) is 3. The summed E-state index contributed by atoms with van der Waals surface area (Å²) in [5, 5.41) is 0.379. The van der Waals surface area contributed by atoms with Gasteiger partial charge in [-0.15, -0.1) is 0 Å². The Bertz CT molecular complexity index is 895. The van der Waals surface area contributed by atoms with E-state index in [1.54, 1.807) is 29.2 Å². The van der Waals surface area contributed by atoms with Crippen molar-refractivity contribution in [3.8, 4) is 0 Å².